The summed E-state index contributed by atoms with van der Waals surface area (Å²) < 4.78 is 11.8. The van der Waals surface area contributed by atoms with Gasteiger partial charge < -0.3 is 14.5 Å². The van der Waals surface area contributed by atoms with Gasteiger partial charge in [0.25, 0.3) is 0 Å². The molecule has 2 aromatic heterocycles. The summed E-state index contributed by atoms with van der Waals surface area (Å²) in [5.41, 5.74) is 0. The molecular formula is C13H15BrN2O2. The molecule has 2 rings (SSSR count). The van der Waals surface area contributed by atoms with E-state index in [4.69, 9.17) is 9.15 Å². The Morgan fingerprint density at radius 2 is 2.39 bits per heavy atom. The Kier molecular flexibility index (Phi) is 4.78. The Morgan fingerprint density at radius 3 is 3.11 bits per heavy atom. The standard InChI is InChI=1S/C13H15BrN2O2/c1-10(13-3-2-5-18-13)16-4-6-17-12-7-11(14)8-15-9-12/h2-3,5,7-10,16H,4,6H2,1H3. The Hall–Kier alpha value is -1.33. The predicted octanol–water partition coefficient (Wildman–Crippen LogP) is 3.17. The lowest BCUT2D eigenvalue weighted by molar-refractivity contribution is 0.300. The fourth-order valence-corrected chi connectivity index (χ4v) is 1.90. The lowest BCUT2D eigenvalue weighted by Gasteiger charge is -2.11. The molecule has 2 aromatic rings. The van der Waals surface area contributed by atoms with E-state index < -0.39 is 0 Å². The molecule has 5 heteroatoms. The van der Waals surface area contributed by atoms with Gasteiger partial charge in [-0.3, -0.25) is 4.98 Å². The number of hydrogen-bond donors (Lipinski definition) is 1. The largest absolute Gasteiger partial charge is 0.491 e. The van der Waals surface area contributed by atoms with E-state index in [1.54, 1.807) is 18.7 Å². The first kappa shape index (κ1) is 13.1. The lowest BCUT2D eigenvalue weighted by Crippen LogP contribution is -2.24. The van der Waals surface area contributed by atoms with Crippen LogP contribution in [0.15, 0.2) is 45.7 Å². The van der Waals surface area contributed by atoms with Crippen LogP contribution in [0.1, 0.15) is 18.7 Å². The van der Waals surface area contributed by atoms with Gasteiger partial charge in [-0.1, -0.05) is 0 Å². The van der Waals surface area contributed by atoms with Crippen molar-refractivity contribution in [1.29, 1.82) is 0 Å². The van der Waals surface area contributed by atoms with Crippen LogP contribution in [0.5, 0.6) is 5.75 Å². The predicted molar refractivity (Wildman–Crippen MR) is 72.6 cm³/mol. The fraction of sp³-hybridized carbons (Fsp3) is 0.308. The van der Waals surface area contributed by atoms with Gasteiger partial charge >= 0.3 is 0 Å². The summed E-state index contributed by atoms with van der Waals surface area (Å²) in [4.78, 5) is 4.03. The summed E-state index contributed by atoms with van der Waals surface area (Å²) in [6.45, 7) is 3.39. The molecule has 4 nitrogen and oxygen atoms in total. The van der Waals surface area contributed by atoms with Gasteiger partial charge in [0, 0.05) is 17.2 Å². The third kappa shape index (κ3) is 3.85. The second-order valence-corrected chi connectivity index (χ2v) is 4.79. The number of ether oxygens (including phenoxy) is 1. The van der Waals surface area contributed by atoms with Crippen LogP contribution >= 0.6 is 15.9 Å². The van der Waals surface area contributed by atoms with Crippen molar-refractivity contribution < 1.29 is 9.15 Å². The summed E-state index contributed by atoms with van der Waals surface area (Å²) >= 11 is 3.35. The molecule has 2 heterocycles. The quantitative estimate of drug-likeness (QED) is 0.833. The van der Waals surface area contributed by atoms with Crippen molar-refractivity contribution >= 4 is 15.9 Å². The fourth-order valence-electron chi connectivity index (χ4n) is 1.55. The summed E-state index contributed by atoms with van der Waals surface area (Å²) in [6, 6.07) is 5.92. The van der Waals surface area contributed by atoms with Gasteiger partial charge in [-0.25, -0.2) is 0 Å². The number of halogens is 1. The summed E-state index contributed by atoms with van der Waals surface area (Å²) in [7, 11) is 0. The lowest BCUT2D eigenvalue weighted by atomic mass is 10.2. The highest BCUT2D eigenvalue weighted by molar-refractivity contribution is 9.10. The van der Waals surface area contributed by atoms with Crippen molar-refractivity contribution in [3.05, 3.63) is 47.1 Å². The van der Waals surface area contributed by atoms with Crippen molar-refractivity contribution in [1.82, 2.24) is 10.3 Å². The normalized spacial score (nSPS) is 12.3. The zero-order valence-electron chi connectivity index (χ0n) is 10.1. The monoisotopic (exact) mass is 310 g/mol. The van der Waals surface area contributed by atoms with Gasteiger partial charge in [0.2, 0.25) is 0 Å². The van der Waals surface area contributed by atoms with Crippen molar-refractivity contribution in [3.63, 3.8) is 0 Å². The van der Waals surface area contributed by atoms with E-state index in [1.165, 1.54) is 0 Å². The molecule has 0 saturated carbocycles. The molecule has 0 radical (unpaired) electrons. The second kappa shape index (κ2) is 6.56. The molecule has 1 unspecified atom stereocenters. The first-order valence-corrected chi connectivity index (χ1v) is 6.55. The molecule has 0 aliphatic carbocycles. The molecule has 18 heavy (non-hydrogen) atoms. The Bertz CT molecular complexity index is 474. The maximum Gasteiger partial charge on any atom is 0.138 e. The van der Waals surface area contributed by atoms with E-state index in [-0.39, 0.29) is 6.04 Å². The molecule has 0 amide bonds. The number of furan rings is 1. The maximum absolute atomic E-state index is 5.57. The van der Waals surface area contributed by atoms with E-state index in [2.05, 4.69) is 33.2 Å². The van der Waals surface area contributed by atoms with E-state index >= 15 is 0 Å². The van der Waals surface area contributed by atoms with Gasteiger partial charge in [-0.05, 0) is 41.1 Å². The number of aromatic nitrogens is 1. The van der Waals surface area contributed by atoms with Gasteiger partial charge in [0.05, 0.1) is 18.5 Å². The van der Waals surface area contributed by atoms with Crippen LogP contribution in [0.4, 0.5) is 0 Å². The molecule has 1 atom stereocenters. The number of nitrogens with zero attached hydrogens (tertiary/aromatic N) is 1. The van der Waals surface area contributed by atoms with E-state index in [9.17, 15) is 0 Å². The van der Waals surface area contributed by atoms with Gasteiger partial charge in [0.15, 0.2) is 0 Å². The molecule has 0 bridgehead atoms. The van der Waals surface area contributed by atoms with Crippen LogP contribution in [0.2, 0.25) is 0 Å². The van der Waals surface area contributed by atoms with Crippen LogP contribution in [0, 0.1) is 0 Å². The number of hydrogen-bond acceptors (Lipinski definition) is 4. The maximum atomic E-state index is 5.57. The number of rotatable bonds is 6. The molecular weight excluding hydrogens is 296 g/mol. The third-order valence-corrected chi connectivity index (χ3v) is 2.90. The minimum atomic E-state index is 0.184. The highest BCUT2D eigenvalue weighted by atomic mass is 79.9. The molecule has 1 N–H and O–H groups in total. The van der Waals surface area contributed by atoms with Crippen LogP contribution in [-0.2, 0) is 0 Å². The molecule has 96 valence electrons. The van der Waals surface area contributed by atoms with E-state index in [1.807, 2.05) is 18.2 Å². The van der Waals surface area contributed by atoms with E-state index in [0.29, 0.717) is 6.61 Å². The highest BCUT2D eigenvalue weighted by Crippen LogP contribution is 2.15. The molecule has 0 spiro atoms. The molecule has 0 aliphatic heterocycles. The Labute approximate surface area is 114 Å². The summed E-state index contributed by atoms with van der Waals surface area (Å²) in [5.74, 6) is 1.69. The molecule has 0 aromatic carbocycles. The van der Waals surface area contributed by atoms with Crippen molar-refractivity contribution in [3.8, 4) is 5.75 Å². The zero-order chi connectivity index (χ0) is 12.8. The smallest absolute Gasteiger partial charge is 0.138 e. The number of pyridine rings is 1. The summed E-state index contributed by atoms with van der Waals surface area (Å²) in [6.07, 6.45) is 5.10. The zero-order valence-corrected chi connectivity index (χ0v) is 11.7. The van der Waals surface area contributed by atoms with Crippen molar-refractivity contribution in [2.75, 3.05) is 13.2 Å². The molecule has 0 saturated heterocycles. The highest BCUT2D eigenvalue weighted by Gasteiger charge is 2.06. The SMILES string of the molecule is CC(NCCOc1cncc(Br)c1)c1ccco1. The minimum Gasteiger partial charge on any atom is -0.491 e. The number of nitrogens with one attached hydrogen (secondary N) is 1. The molecule has 0 fully saturated rings. The first-order chi connectivity index (χ1) is 8.75. The van der Waals surface area contributed by atoms with Crippen molar-refractivity contribution in [2.24, 2.45) is 0 Å². The second-order valence-electron chi connectivity index (χ2n) is 3.88. The van der Waals surface area contributed by atoms with E-state index in [0.717, 1.165) is 22.5 Å². The van der Waals surface area contributed by atoms with Gasteiger partial charge in [-0.2, -0.15) is 0 Å². The van der Waals surface area contributed by atoms with Crippen LogP contribution in [-0.4, -0.2) is 18.1 Å². The minimum absolute atomic E-state index is 0.184. The van der Waals surface area contributed by atoms with Crippen LogP contribution < -0.4 is 10.1 Å². The third-order valence-electron chi connectivity index (χ3n) is 2.47. The van der Waals surface area contributed by atoms with Crippen molar-refractivity contribution in [2.45, 2.75) is 13.0 Å². The Balaban J connectivity index is 1.70. The first-order valence-electron chi connectivity index (χ1n) is 5.76. The van der Waals surface area contributed by atoms with Crippen LogP contribution in [0.3, 0.4) is 0 Å². The van der Waals surface area contributed by atoms with Gasteiger partial charge in [0.1, 0.15) is 18.1 Å². The molecule has 0 aliphatic rings. The topological polar surface area (TPSA) is 47.3 Å². The average molecular weight is 311 g/mol. The Morgan fingerprint density at radius 1 is 1.50 bits per heavy atom. The van der Waals surface area contributed by atoms with Gasteiger partial charge in [-0.15, -0.1) is 0 Å². The summed E-state index contributed by atoms with van der Waals surface area (Å²) in [5, 5.41) is 3.32. The average Bonchev–Trinajstić information content (AvgIpc) is 2.88. The van der Waals surface area contributed by atoms with Crippen LogP contribution in [0.25, 0.3) is 0 Å².